The van der Waals surface area contributed by atoms with Gasteiger partial charge in [0.15, 0.2) is 0 Å². The Morgan fingerprint density at radius 2 is 1.80 bits per heavy atom. The lowest BCUT2D eigenvalue weighted by Gasteiger charge is -2.11. The van der Waals surface area contributed by atoms with Gasteiger partial charge in [0.25, 0.3) is 0 Å². The van der Waals surface area contributed by atoms with Gasteiger partial charge in [0.2, 0.25) is 0 Å². The molecule has 2 aromatic carbocycles. The van der Waals surface area contributed by atoms with E-state index in [0.717, 1.165) is 19.5 Å². The molecular formula is C18H22N2. The fourth-order valence-corrected chi connectivity index (χ4v) is 2.88. The standard InChI is InChI=1S/C18H22N2/c1-20(2)11-5-10-19-16-8-9-18-15(13-16)12-14-6-3-4-7-17(14)18/h3-4,6-9,13,19H,5,10-12H2,1-2H3. The predicted molar refractivity (Wildman–Crippen MR) is 86.3 cm³/mol. The molecule has 0 unspecified atom stereocenters. The third-order valence-corrected chi connectivity index (χ3v) is 3.90. The van der Waals surface area contributed by atoms with Crippen LogP contribution in [0.3, 0.4) is 0 Å². The SMILES string of the molecule is CN(C)CCCNc1ccc2c(c1)Cc1ccccc1-2. The first-order valence-electron chi connectivity index (χ1n) is 7.34. The maximum atomic E-state index is 3.53. The van der Waals surface area contributed by atoms with Gasteiger partial charge < -0.3 is 10.2 Å². The lowest BCUT2D eigenvalue weighted by atomic mass is 10.1. The molecule has 0 heterocycles. The Kier molecular flexibility index (Phi) is 3.75. The Morgan fingerprint density at radius 1 is 1.00 bits per heavy atom. The molecule has 2 nitrogen and oxygen atoms in total. The van der Waals surface area contributed by atoms with Crippen LogP contribution in [0, 0.1) is 0 Å². The summed E-state index contributed by atoms with van der Waals surface area (Å²) in [5, 5.41) is 3.53. The molecule has 1 N–H and O–H groups in total. The minimum absolute atomic E-state index is 1.03. The molecule has 0 saturated heterocycles. The number of hydrogen-bond acceptors (Lipinski definition) is 2. The maximum absolute atomic E-state index is 3.53. The zero-order chi connectivity index (χ0) is 13.9. The number of hydrogen-bond donors (Lipinski definition) is 1. The highest BCUT2D eigenvalue weighted by Gasteiger charge is 2.17. The van der Waals surface area contributed by atoms with Crippen molar-refractivity contribution >= 4 is 5.69 Å². The fourth-order valence-electron chi connectivity index (χ4n) is 2.88. The molecule has 0 aromatic heterocycles. The highest BCUT2D eigenvalue weighted by atomic mass is 15.1. The Morgan fingerprint density at radius 3 is 2.65 bits per heavy atom. The molecule has 0 bridgehead atoms. The van der Waals surface area contributed by atoms with Crippen LogP contribution in [0.25, 0.3) is 11.1 Å². The second kappa shape index (κ2) is 5.68. The number of anilines is 1. The minimum Gasteiger partial charge on any atom is -0.385 e. The van der Waals surface area contributed by atoms with Crippen LogP contribution in [0.1, 0.15) is 17.5 Å². The van der Waals surface area contributed by atoms with Gasteiger partial charge in [-0.05, 0) is 67.9 Å². The monoisotopic (exact) mass is 266 g/mol. The van der Waals surface area contributed by atoms with Gasteiger partial charge >= 0.3 is 0 Å². The third kappa shape index (κ3) is 2.70. The Balaban J connectivity index is 1.68. The van der Waals surface area contributed by atoms with E-state index in [9.17, 15) is 0 Å². The number of fused-ring (bicyclic) bond motifs is 3. The normalized spacial score (nSPS) is 12.3. The van der Waals surface area contributed by atoms with E-state index >= 15 is 0 Å². The van der Waals surface area contributed by atoms with Crippen LogP contribution in [0.4, 0.5) is 5.69 Å². The van der Waals surface area contributed by atoms with Crippen molar-refractivity contribution in [2.75, 3.05) is 32.5 Å². The van der Waals surface area contributed by atoms with Gasteiger partial charge in [0.1, 0.15) is 0 Å². The van der Waals surface area contributed by atoms with E-state index in [4.69, 9.17) is 0 Å². The van der Waals surface area contributed by atoms with Gasteiger partial charge in [-0.3, -0.25) is 0 Å². The summed E-state index contributed by atoms with van der Waals surface area (Å²) in [6.45, 7) is 2.16. The summed E-state index contributed by atoms with van der Waals surface area (Å²) < 4.78 is 0. The van der Waals surface area contributed by atoms with Crippen molar-refractivity contribution in [3.8, 4) is 11.1 Å². The van der Waals surface area contributed by atoms with Crippen molar-refractivity contribution in [1.29, 1.82) is 0 Å². The van der Waals surface area contributed by atoms with Crippen molar-refractivity contribution in [3.63, 3.8) is 0 Å². The topological polar surface area (TPSA) is 15.3 Å². The van der Waals surface area contributed by atoms with E-state index in [-0.39, 0.29) is 0 Å². The summed E-state index contributed by atoms with van der Waals surface area (Å²) in [7, 11) is 4.24. The molecular weight excluding hydrogens is 244 g/mol. The van der Waals surface area contributed by atoms with Crippen LogP contribution < -0.4 is 5.32 Å². The Bertz CT molecular complexity index is 602. The first-order chi connectivity index (χ1) is 9.74. The highest BCUT2D eigenvalue weighted by Crippen LogP contribution is 2.37. The molecule has 2 aromatic rings. The number of benzene rings is 2. The number of nitrogens with zero attached hydrogens (tertiary/aromatic N) is 1. The van der Waals surface area contributed by atoms with Crippen LogP contribution in [0.15, 0.2) is 42.5 Å². The van der Waals surface area contributed by atoms with E-state index in [1.807, 2.05) is 0 Å². The largest absolute Gasteiger partial charge is 0.385 e. The van der Waals surface area contributed by atoms with Gasteiger partial charge in [-0.1, -0.05) is 30.3 Å². The predicted octanol–water partition coefficient (Wildman–Crippen LogP) is 3.62. The van der Waals surface area contributed by atoms with Gasteiger partial charge in [-0.25, -0.2) is 0 Å². The third-order valence-electron chi connectivity index (χ3n) is 3.90. The molecule has 0 fully saturated rings. The number of nitrogens with one attached hydrogen (secondary N) is 1. The van der Waals surface area contributed by atoms with Crippen molar-refractivity contribution in [3.05, 3.63) is 53.6 Å². The summed E-state index contributed by atoms with van der Waals surface area (Å²) >= 11 is 0. The second-order valence-electron chi connectivity index (χ2n) is 5.79. The van der Waals surface area contributed by atoms with E-state index in [0.29, 0.717) is 0 Å². The van der Waals surface area contributed by atoms with Crippen LogP contribution in [0.5, 0.6) is 0 Å². The first kappa shape index (κ1) is 13.2. The molecule has 2 heteroatoms. The highest BCUT2D eigenvalue weighted by molar-refractivity contribution is 5.78. The summed E-state index contributed by atoms with van der Waals surface area (Å²) in [6, 6.07) is 15.5. The van der Waals surface area contributed by atoms with Crippen LogP contribution >= 0.6 is 0 Å². The Hall–Kier alpha value is -1.80. The van der Waals surface area contributed by atoms with Crippen LogP contribution in [0.2, 0.25) is 0 Å². The molecule has 1 aliphatic rings. The first-order valence-corrected chi connectivity index (χ1v) is 7.34. The maximum Gasteiger partial charge on any atom is 0.0343 e. The molecule has 3 rings (SSSR count). The Labute approximate surface area is 121 Å². The summed E-state index contributed by atoms with van der Waals surface area (Å²) in [5.41, 5.74) is 6.95. The van der Waals surface area contributed by atoms with Crippen molar-refractivity contribution in [2.24, 2.45) is 0 Å². The van der Waals surface area contributed by atoms with Crippen molar-refractivity contribution < 1.29 is 0 Å². The van der Waals surface area contributed by atoms with Gasteiger partial charge in [0, 0.05) is 12.2 Å². The molecule has 0 spiro atoms. The van der Waals surface area contributed by atoms with E-state index < -0.39 is 0 Å². The van der Waals surface area contributed by atoms with E-state index in [1.165, 1.54) is 34.4 Å². The summed E-state index contributed by atoms with van der Waals surface area (Å²) in [4.78, 5) is 2.22. The van der Waals surface area contributed by atoms with Gasteiger partial charge in [-0.2, -0.15) is 0 Å². The van der Waals surface area contributed by atoms with Crippen molar-refractivity contribution in [2.45, 2.75) is 12.8 Å². The van der Waals surface area contributed by atoms with Gasteiger partial charge in [0.05, 0.1) is 0 Å². The van der Waals surface area contributed by atoms with Crippen molar-refractivity contribution in [1.82, 2.24) is 4.90 Å². The smallest absolute Gasteiger partial charge is 0.0343 e. The van der Waals surface area contributed by atoms with Gasteiger partial charge in [-0.15, -0.1) is 0 Å². The van der Waals surface area contributed by atoms with Crippen LogP contribution in [-0.2, 0) is 6.42 Å². The average Bonchev–Trinajstić information content (AvgIpc) is 2.81. The lowest BCUT2D eigenvalue weighted by Crippen LogP contribution is -2.16. The zero-order valence-electron chi connectivity index (χ0n) is 12.3. The minimum atomic E-state index is 1.03. The molecule has 1 aliphatic carbocycles. The molecule has 104 valence electrons. The van der Waals surface area contributed by atoms with E-state index in [2.05, 4.69) is 66.8 Å². The molecule has 0 saturated carbocycles. The molecule has 0 amide bonds. The molecule has 20 heavy (non-hydrogen) atoms. The summed E-state index contributed by atoms with van der Waals surface area (Å²) in [5.74, 6) is 0. The zero-order valence-corrected chi connectivity index (χ0v) is 12.3. The van der Waals surface area contributed by atoms with E-state index in [1.54, 1.807) is 0 Å². The quantitative estimate of drug-likeness (QED) is 0.710. The number of rotatable bonds is 5. The van der Waals surface area contributed by atoms with Crippen LogP contribution in [-0.4, -0.2) is 32.1 Å². The molecule has 0 radical (unpaired) electrons. The molecule has 0 atom stereocenters. The lowest BCUT2D eigenvalue weighted by molar-refractivity contribution is 0.405. The fraction of sp³-hybridized carbons (Fsp3) is 0.333. The average molecular weight is 266 g/mol. The second-order valence-corrected chi connectivity index (χ2v) is 5.79. The molecule has 0 aliphatic heterocycles. The summed E-state index contributed by atoms with van der Waals surface area (Å²) in [6.07, 6.45) is 2.24.